The first-order valence-corrected chi connectivity index (χ1v) is 7.41. The van der Waals surface area contributed by atoms with Crippen molar-refractivity contribution in [1.29, 1.82) is 10.5 Å². The molecule has 2 aromatic rings. The second kappa shape index (κ2) is 6.89. The van der Waals surface area contributed by atoms with Gasteiger partial charge in [0.1, 0.15) is 0 Å². The topological polar surface area (TPSA) is 47.6 Å². The Balaban J connectivity index is 2.35. The molecule has 0 spiro atoms. The number of halogens is 1. The third kappa shape index (κ3) is 3.07. The van der Waals surface area contributed by atoms with Crippen molar-refractivity contribution >= 4 is 15.9 Å². The van der Waals surface area contributed by atoms with Crippen LogP contribution in [0.5, 0.6) is 0 Å². The summed E-state index contributed by atoms with van der Waals surface area (Å²) in [5.41, 5.74) is 2.91. The minimum atomic E-state index is -0.452. The summed E-state index contributed by atoms with van der Waals surface area (Å²) < 4.78 is 0. The monoisotopic (exact) mass is 324 g/mol. The van der Waals surface area contributed by atoms with E-state index in [0.717, 1.165) is 22.0 Å². The second-order valence-corrected chi connectivity index (χ2v) is 5.06. The molecule has 2 aromatic carbocycles. The molecule has 0 aliphatic heterocycles. The van der Waals surface area contributed by atoms with Crippen LogP contribution in [0.2, 0.25) is 0 Å². The lowest BCUT2D eigenvalue weighted by Crippen LogP contribution is -2.08. The third-order valence-corrected chi connectivity index (χ3v) is 3.91. The molecule has 2 nitrogen and oxygen atoms in total. The molecule has 3 heteroatoms. The fourth-order valence-corrected chi connectivity index (χ4v) is 2.53. The first-order chi connectivity index (χ1) is 9.80. The maximum atomic E-state index is 9.46. The standard InChI is InChI=1S/C17H13BrN2/c18-10-13-6-8-15(9-7-13)17(12-20)16(11-19)14-4-2-1-3-5-14/h1-9,16-17H,10H2. The van der Waals surface area contributed by atoms with E-state index in [1.54, 1.807) is 0 Å². The minimum Gasteiger partial charge on any atom is -0.198 e. The fraction of sp³-hybridized carbons (Fsp3) is 0.176. The first-order valence-electron chi connectivity index (χ1n) is 6.29. The summed E-state index contributed by atoms with van der Waals surface area (Å²) in [7, 11) is 0. The third-order valence-electron chi connectivity index (χ3n) is 3.26. The van der Waals surface area contributed by atoms with Crippen LogP contribution in [0.4, 0.5) is 0 Å². The molecular weight excluding hydrogens is 312 g/mol. The predicted octanol–water partition coefficient (Wildman–Crippen LogP) is 4.50. The summed E-state index contributed by atoms with van der Waals surface area (Å²) in [5, 5.41) is 19.7. The maximum Gasteiger partial charge on any atom is 0.0911 e. The van der Waals surface area contributed by atoms with Crippen molar-refractivity contribution in [2.75, 3.05) is 0 Å². The molecule has 0 aliphatic rings. The zero-order valence-corrected chi connectivity index (χ0v) is 12.4. The lowest BCUT2D eigenvalue weighted by atomic mass is 9.83. The van der Waals surface area contributed by atoms with E-state index in [2.05, 4.69) is 28.1 Å². The Bertz CT molecular complexity index is 635. The Morgan fingerprint density at radius 3 is 1.75 bits per heavy atom. The molecular formula is C17H13BrN2. The van der Waals surface area contributed by atoms with Gasteiger partial charge in [0, 0.05) is 5.33 Å². The SMILES string of the molecule is N#CC(c1ccccc1)C(C#N)c1ccc(CBr)cc1. The van der Waals surface area contributed by atoms with E-state index < -0.39 is 11.8 Å². The van der Waals surface area contributed by atoms with Gasteiger partial charge in [0.15, 0.2) is 0 Å². The minimum absolute atomic E-state index is 0.448. The van der Waals surface area contributed by atoms with Gasteiger partial charge in [-0.15, -0.1) is 0 Å². The van der Waals surface area contributed by atoms with Gasteiger partial charge in [-0.1, -0.05) is 70.5 Å². The van der Waals surface area contributed by atoms with Gasteiger partial charge in [-0.3, -0.25) is 0 Å². The van der Waals surface area contributed by atoms with Gasteiger partial charge in [-0.2, -0.15) is 10.5 Å². The highest BCUT2D eigenvalue weighted by molar-refractivity contribution is 9.08. The van der Waals surface area contributed by atoms with Gasteiger partial charge in [0.2, 0.25) is 0 Å². The Hall–Kier alpha value is -2.10. The van der Waals surface area contributed by atoms with Crippen LogP contribution in [0.25, 0.3) is 0 Å². The normalized spacial score (nSPS) is 12.9. The Morgan fingerprint density at radius 2 is 1.30 bits per heavy atom. The molecule has 2 unspecified atom stereocenters. The molecule has 0 saturated carbocycles. The molecule has 0 bridgehead atoms. The lowest BCUT2D eigenvalue weighted by molar-refractivity contribution is 0.761. The summed E-state index contributed by atoms with van der Waals surface area (Å²) in [6.07, 6.45) is 0. The van der Waals surface area contributed by atoms with Gasteiger partial charge in [0.25, 0.3) is 0 Å². The van der Waals surface area contributed by atoms with Crippen molar-refractivity contribution in [3.8, 4) is 12.1 Å². The van der Waals surface area contributed by atoms with E-state index >= 15 is 0 Å². The van der Waals surface area contributed by atoms with Crippen LogP contribution in [0.15, 0.2) is 54.6 Å². The largest absolute Gasteiger partial charge is 0.198 e. The van der Waals surface area contributed by atoms with E-state index in [1.165, 1.54) is 0 Å². The summed E-state index contributed by atoms with van der Waals surface area (Å²) in [4.78, 5) is 0. The molecule has 98 valence electrons. The summed E-state index contributed by atoms with van der Waals surface area (Å²) >= 11 is 3.40. The Labute approximate surface area is 127 Å². The molecule has 0 aromatic heterocycles. The van der Waals surface area contributed by atoms with Gasteiger partial charge < -0.3 is 0 Å². The van der Waals surface area contributed by atoms with Crippen LogP contribution in [0, 0.1) is 22.7 Å². The van der Waals surface area contributed by atoms with Crippen LogP contribution in [0.3, 0.4) is 0 Å². The number of nitrogens with zero attached hydrogens (tertiary/aromatic N) is 2. The first kappa shape index (κ1) is 14.3. The molecule has 0 heterocycles. The molecule has 0 radical (unpaired) electrons. The summed E-state index contributed by atoms with van der Waals surface area (Å²) in [6.45, 7) is 0. The van der Waals surface area contributed by atoms with E-state index in [1.807, 2.05) is 54.6 Å². The fourth-order valence-electron chi connectivity index (χ4n) is 2.16. The number of rotatable bonds is 4. The van der Waals surface area contributed by atoms with Crippen molar-refractivity contribution in [3.63, 3.8) is 0 Å². The van der Waals surface area contributed by atoms with E-state index in [4.69, 9.17) is 0 Å². The van der Waals surface area contributed by atoms with E-state index in [9.17, 15) is 10.5 Å². The van der Waals surface area contributed by atoms with Crippen LogP contribution in [-0.2, 0) is 5.33 Å². The van der Waals surface area contributed by atoms with Crippen LogP contribution in [-0.4, -0.2) is 0 Å². The molecule has 20 heavy (non-hydrogen) atoms. The highest BCUT2D eigenvalue weighted by atomic mass is 79.9. The van der Waals surface area contributed by atoms with Gasteiger partial charge >= 0.3 is 0 Å². The molecule has 0 aliphatic carbocycles. The molecule has 2 rings (SSSR count). The van der Waals surface area contributed by atoms with Crippen molar-refractivity contribution in [2.45, 2.75) is 17.2 Å². The molecule has 0 N–H and O–H groups in total. The predicted molar refractivity (Wildman–Crippen MR) is 82.2 cm³/mol. The highest BCUT2D eigenvalue weighted by Crippen LogP contribution is 2.32. The Kier molecular flexibility index (Phi) is 4.93. The van der Waals surface area contributed by atoms with Crippen molar-refractivity contribution in [2.24, 2.45) is 0 Å². The number of hydrogen-bond acceptors (Lipinski definition) is 2. The zero-order valence-electron chi connectivity index (χ0n) is 10.8. The number of hydrogen-bond donors (Lipinski definition) is 0. The van der Waals surface area contributed by atoms with Crippen LogP contribution < -0.4 is 0 Å². The zero-order chi connectivity index (χ0) is 14.4. The molecule has 0 fully saturated rings. The quantitative estimate of drug-likeness (QED) is 0.777. The van der Waals surface area contributed by atoms with Gasteiger partial charge in [-0.25, -0.2) is 0 Å². The lowest BCUT2D eigenvalue weighted by Gasteiger charge is -2.16. The number of nitriles is 2. The molecule has 0 saturated heterocycles. The van der Waals surface area contributed by atoms with E-state index in [-0.39, 0.29) is 0 Å². The van der Waals surface area contributed by atoms with Crippen molar-refractivity contribution in [3.05, 3.63) is 71.3 Å². The van der Waals surface area contributed by atoms with Crippen LogP contribution >= 0.6 is 15.9 Å². The average molecular weight is 325 g/mol. The molecule has 2 atom stereocenters. The van der Waals surface area contributed by atoms with Crippen molar-refractivity contribution < 1.29 is 0 Å². The average Bonchev–Trinajstić information content (AvgIpc) is 2.53. The summed E-state index contributed by atoms with van der Waals surface area (Å²) in [5.74, 6) is -0.900. The molecule has 0 amide bonds. The van der Waals surface area contributed by atoms with E-state index in [0.29, 0.717) is 0 Å². The smallest absolute Gasteiger partial charge is 0.0911 e. The van der Waals surface area contributed by atoms with Crippen LogP contribution in [0.1, 0.15) is 28.5 Å². The second-order valence-electron chi connectivity index (χ2n) is 4.50. The van der Waals surface area contributed by atoms with Crippen molar-refractivity contribution in [1.82, 2.24) is 0 Å². The number of benzene rings is 2. The van der Waals surface area contributed by atoms with Gasteiger partial charge in [-0.05, 0) is 16.7 Å². The van der Waals surface area contributed by atoms with Gasteiger partial charge in [0.05, 0.1) is 24.0 Å². The number of alkyl halides is 1. The maximum absolute atomic E-state index is 9.46. The summed E-state index contributed by atoms with van der Waals surface area (Å²) in [6, 6.07) is 21.8. The Morgan fingerprint density at radius 1 is 0.800 bits per heavy atom. The highest BCUT2D eigenvalue weighted by Gasteiger charge is 2.24.